The number of ether oxygens (including phenoxy) is 2. The normalized spacial score (nSPS) is 24.7. The average Bonchev–Trinajstić information content (AvgIpc) is 3.29. The molecule has 1 atom stereocenters. The van der Waals surface area contributed by atoms with E-state index in [9.17, 15) is 0 Å². The maximum Gasteiger partial charge on any atom is 0.169 e. The van der Waals surface area contributed by atoms with Crippen LogP contribution in [0.4, 0.5) is 11.4 Å². The van der Waals surface area contributed by atoms with Crippen molar-refractivity contribution in [2.75, 3.05) is 37.1 Å². The molecular weight excluding hydrogens is 652 g/mol. The highest BCUT2D eigenvalue weighted by atomic mass is 79.9. The van der Waals surface area contributed by atoms with Crippen LogP contribution in [0.1, 0.15) is 71.9 Å². The number of fused-ring (bicyclic) bond motifs is 2. The van der Waals surface area contributed by atoms with Gasteiger partial charge in [0.05, 0.1) is 7.11 Å². The third-order valence-corrected chi connectivity index (χ3v) is 10.6. The van der Waals surface area contributed by atoms with Gasteiger partial charge in [0.25, 0.3) is 0 Å². The Balaban J connectivity index is 1.54. The van der Waals surface area contributed by atoms with Gasteiger partial charge in [-0.15, -0.1) is 0 Å². The highest BCUT2D eigenvalue weighted by Gasteiger charge is 2.55. The molecule has 42 heavy (non-hydrogen) atoms. The highest BCUT2D eigenvalue weighted by Crippen LogP contribution is 2.54. The molecule has 3 aliphatic rings. The van der Waals surface area contributed by atoms with E-state index in [1.54, 1.807) is 7.11 Å². The Kier molecular flexibility index (Phi) is 8.65. The quantitative estimate of drug-likeness (QED) is 0.288. The summed E-state index contributed by atoms with van der Waals surface area (Å²) in [6, 6.07) is 13.2. The summed E-state index contributed by atoms with van der Waals surface area (Å²) in [6.07, 6.45) is 12.2. The molecule has 0 bridgehead atoms. The third kappa shape index (κ3) is 4.82. The first-order valence-corrected chi connectivity index (χ1v) is 16.6. The number of methoxy groups -OCH3 is 2. The molecule has 0 saturated heterocycles. The molecule has 1 unspecified atom stereocenters. The standard InChI is InChI=1S/C36H44Br2N2O2/c1-9-39-30-17-15-26(37)22-28(30)34(3,4)32(39)19-14-24-12-11-13-25(33(24)41-7)20-21-36(42-8)35(5,6)29-23-27(38)16-18-31(29)40(36)10-2/h14-23H,9-13H2,1-8H3/b21-20+,24-14+,32-19-. The summed E-state index contributed by atoms with van der Waals surface area (Å²) in [7, 11) is 3.64. The lowest BCUT2D eigenvalue weighted by Gasteiger charge is -2.44. The fourth-order valence-corrected chi connectivity index (χ4v) is 8.18. The number of nitrogens with zero attached hydrogens (tertiary/aromatic N) is 2. The third-order valence-electron chi connectivity index (χ3n) is 9.65. The van der Waals surface area contributed by atoms with Gasteiger partial charge >= 0.3 is 0 Å². The minimum Gasteiger partial charge on any atom is -0.496 e. The predicted octanol–water partition coefficient (Wildman–Crippen LogP) is 9.94. The Bertz CT molecular complexity index is 1500. The van der Waals surface area contributed by atoms with Crippen molar-refractivity contribution in [1.29, 1.82) is 0 Å². The highest BCUT2D eigenvalue weighted by molar-refractivity contribution is 9.10. The molecule has 2 aliphatic heterocycles. The number of rotatable bonds is 7. The van der Waals surface area contributed by atoms with Crippen molar-refractivity contribution in [2.45, 2.75) is 77.4 Å². The van der Waals surface area contributed by atoms with Crippen LogP contribution in [0, 0.1) is 0 Å². The van der Waals surface area contributed by atoms with Gasteiger partial charge in [-0.2, -0.15) is 0 Å². The van der Waals surface area contributed by atoms with Crippen molar-refractivity contribution in [3.05, 3.63) is 103 Å². The van der Waals surface area contributed by atoms with E-state index >= 15 is 0 Å². The molecule has 0 aromatic heterocycles. The van der Waals surface area contributed by atoms with Crippen molar-refractivity contribution in [1.82, 2.24) is 0 Å². The molecule has 1 aliphatic carbocycles. The summed E-state index contributed by atoms with van der Waals surface area (Å²) in [5.74, 6) is 0.985. The minimum absolute atomic E-state index is 0.0902. The van der Waals surface area contributed by atoms with Crippen molar-refractivity contribution >= 4 is 43.2 Å². The second-order valence-corrected chi connectivity index (χ2v) is 14.3. The first-order chi connectivity index (χ1) is 20.0. The van der Waals surface area contributed by atoms with Crippen LogP contribution in [0.3, 0.4) is 0 Å². The fourth-order valence-electron chi connectivity index (χ4n) is 7.45. The molecule has 2 heterocycles. The van der Waals surface area contributed by atoms with E-state index in [0.717, 1.165) is 47.1 Å². The summed E-state index contributed by atoms with van der Waals surface area (Å²) in [4.78, 5) is 4.83. The van der Waals surface area contributed by atoms with Crippen LogP contribution in [0.2, 0.25) is 0 Å². The van der Waals surface area contributed by atoms with Crippen molar-refractivity contribution < 1.29 is 9.47 Å². The van der Waals surface area contributed by atoms with Gasteiger partial charge in [0.1, 0.15) is 5.76 Å². The van der Waals surface area contributed by atoms with Crippen LogP contribution in [0.5, 0.6) is 0 Å². The van der Waals surface area contributed by atoms with Crippen molar-refractivity contribution in [3.8, 4) is 0 Å². The van der Waals surface area contributed by atoms with E-state index in [2.05, 4.69) is 144 Å². The topological polar surface area (TPSA) is 24.9 Å². The molecule has 0 N–H and O–H groups in total. The number of halogens is 2. The first kappa shape index (κ1) is 31.2. The fraction of sp³-hybridized carbons (Fsp3) is 0.444. The van der Waals surface area contributed by atoms with Gasteiger partial charge in [0.15, 0.2) is 5.72 Å². The zero-order valence-corrected chi connectivity index (χ0v) is 29.4. The molecule has 5 rings (SSSR count). The summed E-state index contributed by atoms with van der Waals surface area (Å²) in [5.41, 5.74) is 7.98. The smallest absolute Gasteiger partial charge is 0.169 e. The van der Waals surface area contributed by atoms with Gasteiger partial charge in [-0.1, -0.05) is 71.7 Å². The molecule has 2 aromatic rings. The maximum absolute atomic E-state index is 6.46. The van der Waals surface area contributed by atoms with Crippen molar-refractivity contribution in [3.63, 3.8) is 0 Å². The van der Waals surface area contributed by atoms with Crippen LogP contribution in [0.15, 0.2) is 92.3 Å². The second kappa shape index (κ2) is 11.7. The first-order valence-electron chi connectivity index (χ1n) is 15.0. The second-order valence-electron chi connectivity index (χ2n) is 12.5. The molecule has 0 fully saturated rings. The number of benzene rings is 2. The Morgan fingerprint density at radius 1 is 0.857 bits per heavy atom. The number of hydrogen-bond acceptors (Lipinski definition) is 4. The molecule has 4 nitrogen and oxygen atoms in total. The lowest BCUT2D eigenvalue weighted by molar-refractivity contribution is -0.0158. The number of hydrogen-bond donors (Lipinski definition) is 0. The molecule has 0 saturated carbocycles. The van der Waals surface area contributed by atoms with Crippen LogP contribution in [-0.2, 0) is 20.3 Å². The SMILES string of the molecule is CCN1/C(=C\C=C2/CCCC(/C=C/C3(OC)N(CC)c4ccc(Br)cc4C3(C)C)=C2OC)C(C)(C)c2cc(Br)ccc21. The predicted molar refractivity (Wildman–Crippen MR) is 183 cm³/mol. The Morgan fingerprint density at radius 2 is 1.52 bits per heavy atom. The van der Waals surface area contributed by atoms with E-state index < -0.39 is 5.72 Å². The largest absolute Gasteiger partial charge is 0.496 e. The van der Waals surface area contributed by atoms with Crippen LogP contribution >= 0.6 is 31.9 Å². The van der Waals surface area contributed by atoms with Crippen LogP contribution < -0.4 is 9.80 Å². The molecule has 2 aromatic carbocycles. The van der Waals surface area contributed by atoms with E-state index in [-0.39, 0.29) is 10.8 Å². The lowest BCUT2D eigenvalue weighted by atomic mass is 9.77. The molecule has 224 valence electrons. The average molecular weight is 697 g/mol. The Labute approximate surface area is 269 Å². The van der Waals surface area contributed by atoms with Gasteiger partial charge in [-0.25, -0.2) is 0 Å². The number of likely N-dealkylation sites (N-methyl/N-ethyl adjacent to an activating group) is 2. The monoisotopic (exact) mass is 694 g/mol. The molecular formula is C36H44Br2N2O2. The van der Waals surface area contributed by atoms with Gasteiger partial charge in [-0.3, -0.25) is 0 Å². The van der Waals surface area contributed by atoms with E-state index in [1.807, 2.05) is 7.11 Å². The zero-order valence-electron chi connectivity index (χ0n) is 26.3. The van der Waals surface area contributed by atoms with E-state index in [1.165, 1.54) is 39.3 Å². The van der Waals surface area contributed by atoms with E-state index in [0.29, 0.717) is 0 Å². The van der Waals surface area contributed by atoms with Gasteiger partial charge in [0.2, 0.25) is 0 Å². The van der Waals surface area contributed by atoms with Crippen molar-refractivity contribution in [2.24, 2.45) is 0 Å². The maximum atomic E-state index is 6.46. The van der Waals surface area contributed by atoms with Crippen LogP contribution in [0.25, 0.3) is 0 Å². The van der Waals surface area contributed by atoms with Gasteiger partial charge in [-0.05, 0) is 104 Å². The lowest BCUT2D eigenvalue weighted by Crippen LogP contribution is -2.55. The molecule has 0 amide bonds. The summed E-state index contributed by atoms with van der Waals surface area (Å²) in [6.45, 7) is 15.4. The molecule has 0 radical (unpaired) electrons. The molecule has 0 spiro atoms. The summed E-state index contributed by atoms with van der Waals surface area (Å²) >= 11 is 7.38. The zero-order chi connectivity index (χ0) is 30.4. The minimum atomic E-state index is -0.615. The summed E-state index contributed by atoms with van der Waals surface area (Å²) in [5, 5.41) is 0. The summed E-state index contributed by atoms with van der Waals surface area (Å²) < 4.78 is 14.8. The van der Waals surface area contributed by atoms with Gasteiger partial charge < -0.3 is 19.3 Å². The van der Waals surface area contributed by atoms with Crippen LogP contribution in [-0.4, -0.2) is 33.0 Å². The Morgan fingerprint density at radius 3 is 2.14 bits per heavy atom. The Hall–Kier alpha value is -2.28. The van der Waals surface area contributed by atoms with E-state index in [4.69, 9.17) is 9.47 Å². The number of anilines is 2. The molecule has 6 heteroatoms. The van der Waals surface area contributed by atoms with Gasteiger partial charge in [0, 0.05) is 57.0 Å². The number of allylic oxidation sites excluding steroid dienone is 6.